The van der Waals surface area contributed by atoms with Gasteiger partial charge in [-0.2, -0.15) is 0 Å². The van der Waals surface area contributed by atoms with Crippen molar-refractivity contribution < 1.29 is 4.74 Å². The summed E-state index contributed by atoms with van der Waals surface area (Å²) >= 11 is 0. The van der Waals surface area contributed by atoms with Crippen molar-refractivity contribution in [3.63, 3.8) is 0 Å². The molecule has 184 valence electrons. The molecule has 1 saturated carbocycles. The number of nitrogens with zero attached hydrogens (tertiary/aromatic N) is 6. The highest BCUT2D eigenvalue weighted by molar-refractivity contribution is 6.01. The first-order valence-electron chi connectivity index (χ1n) is 12.8. The largest absolute Gasteiger partial charge is 0.379 e. The molecular formula is C26H34N8O. The number of nitrogens with one attached hydrogen (secondary N) is 2. The third-order valence-electron chi connectivity index (χ3n) is 7.62. The van der Waals surface area contributed by atoms with Crippen LogP contribution < -0.4 is 5.32 Å². The van der Waals surface area contributed by atoms with Gasteiger partial charge in [0.25, 0.3) is 0 Å². The lowest BCUT2D eigenvalue weighted by Gasteiger charge is -2.39. The number of hydrogen-bond donors (Lipinski definition) is 2. The summed E-state index contributed by atoms with van der Waals surface area (Å²) in [5.74, 6) is 1.88. The number of ether oxygens (including phenoxy) is 1. The standard InChI is InChI=1S/C26H34N8O/c1-16(2)34-17(3)31-24-22(34)12-18(13-27-24)21-14-28-25-23(21)26(30-15-29-25)32-19-4-6-20(7-5-19)33-8-10-35-11-9-33/h12-16,19-20H,4-11H2,1-3H3,(H2,28,29,30,32). The van der Waals surface area contributed by atoms with E-state index in [2.05, 4.69) is 59.6 Å². The SMILES string of the molecule is Cc1nc2ncc(-c3c[nH]c4ncnc(NC5CCC(N6CCOCC6)CC5)c34)cc2n1C(C)C. The minimum atomic E-state index is 0.313. The van der Waals surface area contributed by atoms with Crippen LogP contribution in [0.1, 0.15) is 51.4 Å². The van der Waals surface area contributed by atoms with Crippen molar-refractivity contribution in [1.82, 2.24) is 34.4 Å². The van der Waals surface area contributed by atoms with Gasteiger partial charge in [0.05, 0.1) is 24.1 Å². The predicted octanol–water partition coefficient (Wildman–Crippen LogP) is 4.31. The van der Waals surface area contributed by atoms with Gasteiger partial charge in [0.2, 0.25) is 0 Å². The summed E-state index contributed by atoms with van der Waals surface area (Å²) < 4.78 is 7.77. The molecule has 0 amide bonds. The van der Waals surface area contributed by atoms with Crippen LogP contribution in [-0.4, -0.2) is 72.8 Å². The first kappa shape index (κ1) is 22.4. The molecule has 0 spiro atoms. The zero-order chi connectivity index (χ0) is 23.9. The summed E-state index contributed by atoms with van der Waals surface area (Å²) in [6, 6.07) is 3.60. The molecule has 2 aliphatic rings. The monoisotopic (exact) mass is 474 g/mol. The third-order valence-corrected chi connectivity index (χ3v) is 7.62. The number of fused-ring (bicyclic) bond motifs is 2. The molecule has 1 aliphatic carbocycles. The Morgan fingerprint density at radius 3 is 2.66 bits per heavy atom. The van der Waals surface area contributed by atoms with Gasteiger partial charge in [-0.3, -0.25) is 4.90 Å². The lowest BCUT2D eigenvalue weighted by Crippen LogP contribution is -2.46. The molecule has 4 aromatic heterocycles. The van der Waals surface area contributed by atoms with E-state index in [1.54, 1.807) is 6.33 Å². The summed E-state index contributed by atoms with van der Waals surface area (Å²) in [6.45, 7) is 10.3. The Bertz CT molecular complexity index is 1330. The number of anilines is 1. The summed E-state index contributed by atoms with van der Waals surface area (Å²) in [4.78, 5) is 24.5. The molecule has 2 N–H and O–H groups in total. The van der Waals surface area contributed by atoms with E-state index < -0.39 is 0 Å². The van der Waals surface area contributed by atoms with Crippen LogP contribution in [0.2, 0.25) is 0 Å². The van der Waals surface area contributed by atoms with Crippen LogP contribution in [0.5, 0.6) is 0 Å². The first-order valence-corrected chi connectivity index (χ1v) is 12.8. The number of aromatic amines is 1. The highest BCUT2D eigenvalue weighted by Gasteiger charge is 2.27. The fourth-order valence-corrected chi connectivity index (χ4v) is 5.91. The van der Waals surface area contributed by atoms with Crippen molar-refractivity contribution in [3.8, 4) is 11.1 Å². The zero-order valence-corrected chi connectivity index (χ0v) is 20.8. The van der Waals surface area contributed by atoms with Crippen molar-refractivity contribution in [3.05, 3.63) is 30.6 Å². The first-order chi connectivity index (χ1) is 17.1. The second-order valence-corrected chi connectivity index (χ2v) is 10.1. The van der Waals surface area contributed by atoms with E-state index in [0.717, 1.165) is 84.1 Å². The minimum Gasteiger partial charge on any atom is -0.379 e. The second-order valence-electron chi connectivity index (χ2n) is 10.1. The molecule has 1 aliphatic heterocycles. The predicted molar refractivity (Wildman–Crippen MR) is 138 cm³/mol. The van der Waals surface area contributed by atoms with E-state index in [9.17, 15) is 0 Å². The topological polar surface area (TPSA) is 96.8 Å². The quantitative estimate of drug-likeness (QED) is 0.445. The van der Waals surface area contributed by atoms with Gasteiger partial charge in [-0.1, -0.05) is 0 Å². The number of H-pyrrole nitrogens is 1. The van der Waals surface area contributed by atoms with Crippen LogP contribution in [-0.2, 0) is 4.74 Å². The number of pyridine rings is 1. The van der Waals surface area contributed by atoms with E-state index in [1.807, 2.05) is 19.3 Å². The molecule has 0 radical (unpaired) electrons. The van der Waals surface area contributed by atoms with E-state index >= 15 is 0 Å². The molecule has 1 saturated heterocycles. The molecule has 0 aromatic carbocycles. The van der Waals surface area contributed by atoms with Crippen LogP contribution in [0.15, 0.2) is 24.8 Å². The van der Waals surface area contributed by atoms with Gasteiger partial charge in [0.15, 0.2) is 5.65 Å². The highest BCUT2D eigenvalue weighted by Crippen LogP contribution is 2.35. The number of aromatic nitrogens is 6. The molecule has 4 aromatic rings. The molecule has 0 unspecified atom stereocenters. The van der Waals surface area contributed by atoms with Crippen molar-refractivity contribution in [2.75, 3.05) is 31.6 Å². The van der Waals surface area contributed by atoms with E-state index in [1.165, 1.54) is 12.8 Å². The Labute approximate surface area is 205 Å². The molecule has 0 bridgehead atoms. The van der Waals surface area contributed by atoms with Crippen molar-refractivity contribution in [2.24, 2.45) is 0 Å². The molecule has 0 atom stereocenters. The molecular weight excluding hydrogens is 440 g/mol. The molecule has 35 heavy (non-hydrogen) atoms. The van der Waals surface area contributed by atoms with Crippen molar-refractivity contribution in [1.29, 1.82) is 0 Å². The average molecular weight is 475 g/mol. The maximum Gasteiger partial charge on any atom is 0.177 e. The van der Waals surface area contributed by atoms with Gasteiger partial charge in [-0.25, -0.2) is 19.9 Å². The van der Waals surface area contributed by atoms with Crippen LogP contribution in [0.3, 0.4) is 0 Å². The summed E-state index contributed by atoms with van der Waals surface area (Å²) in [7, 11) is 0. The lowest BCUT2D eigenvalue weighted by atomic mass is 9.90. The van der Waals surface area contributed by atoms with E-state index in [0.29, 0.717) is 18.1 Å². The highest BCUT2D eigenvalue weighted by atomic mass is 16.5. The average Bonchev–Trinajstić information content (AvgIpc) is 3.45. The van der Waals surface area contributed by atoms with Crippen LogP contribution in [0, 0.1) is 6.92 Å². The lowest BCUT2D eigenvalue weighted by molar-refractivity contribution is 0.00791. The van der Waals surface area contributed by atoms with Crippen LogP contribution >= 0.6 is 0 Å². The molecule has 6 rings (SSSR count). The third kappa shape index (κ3) is 4.16. The Morgan fingerprint density at radius 2 is 1.89 bits per heavy atom. The molecule has 9 heteroatoms. The smallest absolute Gasteiger partial charge is 0.177 e. The number of aryl methyl sites for hydroxylation is 1. The van der Waals surface area contributed by atoms with Gasteiger partial charge in [-0.05, 0) is 52.5 Å². The van der Waals surface area contributed by atoms with Crippen LogP contribution in [0.25, 0.3) is 33.3 Å². The Morgan fingerprint density at radius 1 is 1.09 bits per heavy atom. The van der Waals surface area contributed by atoms with Gasteiger partial charge >= 0.3 is 0 Å². The maximum atomic E-state index is 5.53. The summed E-state index contributed by atoms with van der Waals surface area (Å²) in [6.07, 6.45) is 10.3. The van der Waals surface area contributed by atoms with Gasteiger partial charge in [-0.15, -0.1) is 0 Å². The molecule has 2 fully saturated rings. The Balaban J connectivity index is 1.28. The normalized spacial score (nSPS) is 21.8. The maximum absolute atomic E-state index is 5.53. The van der Waals surface area contributed by atoms with Gasteiger partial charge in [0.1, 0.15) is 23.6 Å². The number of rotatable bonds is 5. The zero-order valence-electron chi connectivity index (χ0n) is 20.8. The van der Waals surface area contributed by atoms with Crippen molar-refractivity contribution in [2.45, 2.75) is 64.6 Å². The van der Waals surface area contributed by atoms with Gasteiger partial charge < -0.3 is 19.6 Å². The number of hydrogen-bond acceptors (Lipinski definition) is 7. The second kappa shape index (κ2) is 9.20. The van der Waals surface area contributed by atoms with Crippen LogP contribution in [0.4, 0.5) is 5.82 Å². The number of imidazole rings is 1. The number of morpholine rings is 1. The Kier molecular flexibility index (Phi) is 5.89. The summed E-state index contributed by atoms with van der Waals surface area (Å²) in [5.41, 5.74) is 4.78. The van der Waals surface area contributed by atoms with E-state index in [-0.39, 0.29) is 0 Å². The minimum absolute atomic E-state index is 0.313. The van der Waals surface area contributed by atoms with Gasteiger partial charge in [0, 0.05) is 54.7 Å². The Hall–Kier alpha value is -3.04. The fraction of sp³-hybridized carbons (Fsp3) is 0.538. The summed E-state index contributed by atoms with van der Waals surface area (Å²) in [5, 5.41) is 4.79. The molecule has 9 nitrogen and oxygen atoms in total. The molecule has 5 heterocycles. The van der Waals surface area contributed by atoms with E-state index in [4.69, 9.17) is 4.74 Å². The fourth-order valence-electron chi connectivity index (χ4n) is 5.91. The van der Waals surface area contributed by atoms with Crippen molar-refractivity contribution >= 4 is 28.0 Å².